The van der Waals surface area contributed by atoms with Gasteiger partial charge in [0.05, 0.1) is 21.9 Å². The van der Waals surface area contributed by atoms with Crippen molar-refractivity contribution < 1.29 is 19.6 Å². The number of nitrogens with one attached hydrogen (secondary N) is 3. The van der Waals surface area contributed by atoms with E-state index in [0.717, 1.165) is 0 Å². The van der Waals surface area contributed by atoms with E-state index >= 15 is 0 Å². The zero-order valence-electron chi connectivity index (χ0n) is 18.0. The zero-order valence-corrected chi connectivity index (χ0v) is 18.0. The Bertz CT molecular complexity index is 1570. The van der Waals surface area contributed by atoms with Gasteiger partial charge in [0.2, 0.25) is 0 Å². The number of benzene rings is 3. The van der Waals surface area contributed by atoms with Crippen LogP contribution in [0.15, 0.2) is 83.5 Å². The Labute approximate surface area is 197 Å². The Kier molecular flexibility index (Phi) is 5.30. The van der Waals surface area contributed by atoms with E-state index in [1.165, 1.54) is 24.3 Å². The molecule has 0 radical (unpaired) electrons. The molecule has 0 spiro atoms. The summed E-state index contributed by atoms with van der Waals surface area (Å²) in [7, 11) is 0. The van der Waals surface area contributed by atoms with E-state index in [4.69, 9.17) is 4.99 Å². The lowest BCUT2D eigenvalue weighted by Gasteiger charge is -2.08. The number of imide groups is 1. The third kappa shape index (κ3) is 4.23. The van der Waals surface area contributed by atoms with Gasteiger partial charge in [0.15, 0.2) is 5.88 Å². The van der Waals surface area contributed by atoms with Crippen LogP contribution in [0.5, 0.6) is 5.88 Å². The van der Waals surface area contributed by atoms with Gasteiger partial charge in [-0.2, -0.15) is 0 Å². The molecule has 1 saturated heterocycles. The highest BCUT2D eigenvalue weighted by atomic mass is 16.6. The highest BCUT2D eigenvalue weighted by Gasteiger charge is 2.23. The topological polar surface area (TPSA) is 150 Å². The summed E-state index contributed by atoms with van der Waals surface area (Å²) in [6.07, 6.45) is 1.52. The van der Waals surface area contributed by atoms with Crippen LogP contribution in [0.4, 0.5) is 16.2 Å². The molecule has 0 bridgehead atoms. The summed E-state index contributed by atoms with van der Waals surface area (Å²) < 4.78 is 0. The van der Waals surface area contributed by atoms with Crippen LogP contribution in [0.3, 0.4) is 0 Å². The van der Waals surface area contributed by atoms with Crippen LogP contribution in [0.1, 0.15) is 16.7 Å². The Hall–Kier alpha value is -5.25. The molecule has 2 heterocycles. The van der Waals surface area contributed by atoms with E-state index < -0.39 is 16.9 Å². The van der Waals surface area contributed by atoms with Crippen molar-refractivity contribution in [1.29, 1.82) is 0 Å². The van der Waals surface area contributed by atoms with Crippen LogP contribution >= 0.6 is 0 Å². The maximum absolute atomic E-state index is 11.9. The molecule has 0 saturated carbocycles. The van der Waals surface area contributed by atoms with Crippen molar-refractivity contribution in [3.05, 3.63) is 105 Å². The summed E-state index contributed by atoms with van der Waals surface area (Å²) in [5.41, 5.74) is 3.03. The highest BCUT2D eigenvalue weighted by molar-refractivity contribution is 6.22. The Morgan fingerprint density at radius 1 is 0.971 bits per heavy atom. The van der Waals surface area contributed by atoms with Gasteiger partial charge in [-0.3, -0.25) is 20.2 Å². The summed E-state index contributed by atoms with van der Waals surface area (Å²) in [5.74, 6) is -0.703. The molecule has 3 aromatic carbocycles. The number of aromatic amines is 1. The van der Waals surface area contributed by atoms with Gasteiger partial charge in [0, 0.05) is 28.6 Å². The SMILES string of the molecule is O=C1NC(=O)/C(=C/c2cccc(N=C(c3ccccc3)c3c(O)[nH]c4ccc([N+](=O)[O-])cc34)c2)N1. The van der Waals surface area contributed by atoms with Crippen molar-refractivity contribution in [3.8, 4) is 5.88 Å². The molecule has 1 fully saturated rings. The first-order valence-corrected chi connectivity index (χ1v) is 10.5. The summed E-state index contributed by atoms with van der Waals surface area (Å²) in [6.45, 7) is 0. The molecule has 5 rings (SSSR count). The van der Waals surface area contributed by atoms with Gasteiger partial charge in [0.25, 0.3) is 11.6 Å². The number of aliphatic imine (C=N–C) groups is 1. The van der Waals surface area contributed by atoms with E-state index in [-0.39, 0.29) is 17.3 Å². The van der Waals surface area contributed by atoms with Gasteiger partial charge in [-0.05, 0) is 29.8 Å². The first kappa shape index (κ1) is 21.6. The molecule has 4 N–H and O–H groups in total. The molecule has 0 unspecified atom stereocenters. The lowest BCUT2D eigenvalue weighted by molar-refractivity contribution is -0.384. The minimum Gasteiger partial charge on any atom is -0.494 e. The number of carbonyl (C=O) groups is 2. The molecule has 35 heavy (non-hydrogen) atoms. The number of non-ortho nitro benzene ring substituents is 1. The Balaban J connectivity index is 1.67. The summed E-state index contributed by atoms with van der Waals surface area (Å²) in [6, 6.07) is 19.8. The number of fused-ring (bicyclic) bond motifs is 1. The standard InChI is InChI=1S/C25H17N5O5/c31-23-20(28-25(33)29-23)12-14-5-4-8-16(11-14)26-22(15-6-2-1-3-7-15)21-18-13-17(30(34)35)9-10-19(18)27-24(21)32/h1-13,27,32H,(H2,28,29,31,33)/b20-12-,26-22?. The number of nitrogens with zero attached hydrogens (tertiary/aromatic N) is 2. The second-order valence-corrected chi connectivity index (χ2v) is 7.72. The van der Waals surface area contributed by atoms with Crippen LogP contribution in [0.2, 0.25) is 0 Å². The van der Waals surface area contributed by atoms with Crippen LogP contribution in [-0.2, 0) is 4.79 Å². The molecule has 1 aromatic heterocycles. The van der Waals surface area contributed by atoms with E-state index in [1.807, 2.05) is 30.3 Å². The van der Waals surface area contributed by atoms with Gasteiger partial charge in [-0.25, -0.2) is 9.79 Å². The molecule has 4 aromatic rings. The lowest BCUT2D eigenvalue weighted by Crippen LogP contribution is -2.22. The highest BCUT2D eigenvalue weighted by Crippen LogP contribution is 2.33. The number of amides is 3. The van der Waals surface area contributed by atoms with E-state index in [0.29, 0.717) is 39.0 Å². The number of urea groups is 1. The Morgan fingerprint density at radius 3 is 2.49 bits per heavy atom. The van der Waals surface area contributed by atoms with Crippen LogP contribution in [0.25, 0.3) is 17.0 Å². The molecule has 1 aliphatic heterocycles. The average molecular weight is 467 g/mol. The van der Waals surface area contributed by atoms with Gasteiger partial charge >= 0.3 is 6.03 Å². The van der Waals surface area contributed by atoms with Gasteiger partial charge in [-0.15, -0.1) is 0 Å². The number of carbonyl (C=O) groups excluding carboxylic acids is 2. The predicted molar refractivity (Wildman–Crippen MR) is 129 cm³/mol. The van der Waals surface area contributed by atoms with Crippen molar-refractivity contribution in [2.24, 2.45) is 4.99 Å². The minimum atomic E-state index is -0.592. The lowest BCUT2D eigenvalue weighted by atomic mass is 10.0. The first-order chi connectivity index (χ1) is 16.9. The van der Waals surface area contributed by atoms with E-state index in [1.54, 1.807) is 24.3 Å². The molecular weight excluding hydrogens is 450 g/mol. The number of nitro benzene ring substituents is 1. The third-order valence-corrected chi connectivity index (χ3v) is 5.40. The normalized spacial score (nSPS) is 14.9. The fourth-order valence-electron chi connectivity index (χ4n) is 3.84. The number of aromatic hydroxyl groups is 1. The van der Waals surface area contributed by atoms with Crippen LogP contribution in [-0.4, -0.2) is 32.7 Å². The second-order valence-electron chi connectivity index (χ2n) is 7.72. The molecular formula is C25H17N5O5. The summed E-state index contributed by atoms with van der Waals surface area (Å²) in [4.78, 5) is 41.7. The predicted octanol–water partition coefficient (Wildman–Crippen LogP) is 4.13. The molecule has 172 valence electrons. The fourth-order valence-corrected chi connectivity index (χ4v) is 3.84. The Morgan fingerprint density at radius 2 is 1.77 bits per heavy atom. The molecule has 0 aliphatic carbocycles. The number of aromatic nitrogens is 1. The number of rotatable bonds is 5. The number of hydrogen-bond donors (Lipinski definition) is 4. The summed E-state index contributed by atoms with van der Waals surface area (Å²) >= 11 is 0. The molecule has 10 nitrogen and oxygen atoms in total. The zero-order chi connectivity index (χ0) is 24.5. The number of nitro groups is 1. The van der Waals surface area contributed by atoms with Crippen molar-refractivity contribution in [3.63, 3.8) is 0 Å². The van der Waals surface area contributed by atoms with Crippen LogP contribution in [0, 0.1) is 10.1 Å². The number of H-pyrrole nitrogens is 1. The molecule has 1 aliphatic rings. The maximum Gasteiger partial charge on any atom is 0.326 e. The van der Waals surface area contributed by atoms with Gasteiger partial charge in [-0.1, -0.05) is 42.5 Å². The maximum atomic E-state index is 11.9. The average Bonchev–Trinajstić information content (AvgIpc) is 3.34. The van der Waals surface area contributed by atoms with Crippen LogP contribution < -0.4 is 10.6 Å². The number of hydrogen-bond acceptors (Lipinski definition) is 6. The third-order valence-electron chi connectivity index (χ3n) is 5.40. The monoisotopic (exact) mass is 467 g/mol. The quantitative estimate of drug-likeness (QED) is 0.114. The fraction of sp³-hybridized carbons (Fsp3) is 0. The molecule has 0 atom stereocenters. The summed E-state index contributed by atoms with van der Waals surface area (Å²) in [5, 5.41) is 27.2. The van der Waals surface area contributed by atoms with Crippen molar-refractivity contribution in [2.75, 3.05) is 0 Å². The van der Waals surface area contributed by atoms with Gasteiger partial charge < -0.3 is 15.4 Å². The molecule has 10 heteroatoms. The van der Waals surface area contributed by atoms with Crippen molar-refractivity contribution in [2.45, 2.75) is 0 Å². The second kappa shape index (κ2) is 8.60. The van der Waals surface area contributed by atoms with E-state index in [2.05, 4.69) is 15.6 Å². The first-order valence-electron chi connectivity index (χ1n) is 10.5. The smallest absolute Gasteiger partial charge is 0.326 e. The largest absolute Gasteiger partial charge is 0.494 e. The van der Waals surface area contributed by atoms with Gasteiger partial charge in [0.1, 0.15) is 5.70 Å². The van der Waals surface area contributed by atoms with E-state index in [9.17, 15) is 24.8 Å². The van der Waals surface area contributed by atoms with Crippen molar-refractivity contribution in [1.82, 2.24) is 15.6 Å². The molecule has 3 amide bonds. The minimum absolute atomic E-state index is 0.112. The van der Waals surface area contributed by atoms with Crippen molar-refractivity contribution >= 4 is 46.0 Å².